The summed E-state index contributed by atoms with van der Waals surface area (Å²) in [5, 5.41) is 9.47. The Morgan fingerprint density at radius 1 is 1.59 bits per heavy atom. The Morgan fingerprint density at radius 3 is 2.82 bits per heavy atom. The first-order chi connectivity index (χ1) is 7.99. The van der Waals surface area contributed by atoms with Crippen molar-refractivity contribution in [3.8, 4) is 0 Å². The zero-order chi connectivity index (χ0) is 12.6. The number of aliphatic hydroxyl groups is 1. The lowest BCUT2D eigenvalue weighted by Gasteiger charge is -2.18. The fourth-order valence-corrected chi connectivity index (χ4v) is 2.57. The summed E-state index contributed by atoms with van der Waals surface area (Å²) >= 11 is 3.40. The average Bonchev–Trinajstić information content (AvgIpc) is 2.83. The Morgan fingerprint density at radius 2 is 2.29 bits per heavy atom. The Kier molecular flexibility index (Phi) is 3.58. The molecule has 1 saturated heterocycles. The molecule has 0 spiro atoms. The second kappa shape index (κ2) is 4.82. The lowest BCUT2D eigenvalue weighted by atomic mass is 10.3. The van der Waals surface area contributed by atoms with Crippen molar-refractivity contribution < 1.29 is 9.90 Å². The molecule has 1 aliphatic heterocycles. The second-order valence-electron chi connectivity index (χ2n) is 4.74. The number of hydrogen-bond donors (Lipinski definition) is 1. The summed E-state index contributed by atoms with van der Waals surface area (Å²) in [6, 6.07) is 2.08. The maximum absolute atomic E-state index is 12.3. The van der Waals surface area contributed by atoms with E-state index in [2.05, 4.69) is 15.9 Å². The van der Waals surface area contributed by atoms with E-state index in [9.17, 15) is 9.90 Å². The third-order valence-corrected chi connectivity index (χ3v) is 3.47. The van der Waals surface area contributed by atoms with Gasteiger partial charge in [-0.05, 0) is 42.3 Å². The summed E-state index contributed by atoms with van der Waals surface area (Å²) in [5.41, 5.74) is 0.681. The maximum Gasteiger partial charge on any atom is 0.270 e. The van der Waals surface area contributed by atoms with Gasteiger partial charge in [0, 0.05) is 29.8 Å². The molecule has 1 aromatic heterocycles. The molecule has 2 rings (SSSR count). The molecule has 1 fully saturated rings. The summed E-state index contributed by atoms with van der Waals surface area (Å²) in [5.74, 6) is 0.000880. The van der Waals surface area contributed by atoms with Crippen LogP contribution in [0, 0.1) is 0 Å². The van der Waals surface area contributed by atoms with Gasteiger partial charge < -0.3 is 14.6 Å². The van der Waals surface area contributed by atoms with Crippen molar-refractivity contribution in [1.82, 2.24) is 9.47 Å². The SMILES string of the molecule is CC(C)n1cc(Br)cc1C(=O)N1CCC(O)C1. The van der Waals surface area contributed by atoms with Gasteiger partial charge in [0.15, 0.2) is 0 Å². The molecule has 5 heteroatoms. The lowest BCUT2D eigenvalue weighted by molar-refractivity contribution is 0.0753. The Hall–Kier alpha value is -0.810. The lowest BCUT2D eigenvalue weighted by Crippen LogP contribution is -2.31. The zero-order valence-corrected chi connectivity index (χ0v) is 11.6. The number of amides is 1. The number of likely N-dealkylation sites (tertiary alicyclic amines) is 1. The van der Waals surface area contributed by atoms with Crippen LogP contribution in [0.3, 0.4) is 0 Å². The number of β-amino-alcohol motifs (C(OH)–C–C–N with tert-alkyl or cyclic N) is 1. The predicted octanol–water partition coefficient (Wildman–Crippen LogP) is 2.04. The highest BCUT2D eigenvalue weighted by Gasteiger charge is 2.27. The molecule has 2 heterocycles. The number of hydrogen-bond acceptors (Lipinski definition) is 2. The average molecular weight is 301 g/mol. The van der Waals surface area contributed by atoms with E-state index in [0.717, 1.165) is 4.47 Å². The van der Waals surface area contributed by atoms with E-state index in [1.807, 2.05) is 30.7 Å². The van der Waals surface area contributed by atoms with Crippen LogP contribution in [0.25, 0.3) is 0 Å². The number of aromatic nitrogens is 1. The summed E-state index contributed by atoms with van der Waals surface area (Å²) in [7, 11) is 0. The fourth-order valence-electron chi connectivity index (χ4n) is 2.13. The van der Waals surface area contributed by atoms with Crippen LogP contribution in [0.5, 0.6) is 0 Å². The molecular weight excluding hydrogens is 284 g/mol. The van der Waals surface area contributed by atoms with Crippen LogP contribution in [-0.4, -0.2) is 39.7 Å². The molecule has 0 bridgehead atoms. The van der Waals surface area contributed by atoms with Gasteiger partial charge in [0.1, 0.15) is 5.69 Å². The van der Waals surface area contributed by atoms with Gasteiger partial charge in [-0.2, -0.15) is 0 Å². The third kappa shape index (κ3) is 2.55. The number of nitrogens with zero attached hydrogens (tertiary/aromatic N) is 2. The number of aliphatic hydroxyl groups excluding tert-OH is 1. The van der Waals surface area contributed by atoms with E-state index in [1.165, 1.54) is 0 Å². The minimum atomic E-state index is -0.371. The molecule has 1 N–H and O–H groups in total. The van der Waals surface area contributed by atoms with Crippen LogP contribution in [0.1, 0.15) is 36.8 Å². The van der Waals surface area contributed by atoms with Crippen molar-refractivity contribution in [3.63, 3.8) is 0 Å². The van der Waals surface area contributed by atoms with Crippen molar-refractivity contribution >= 4 is 21.8 Å². The van der Waals surface area contributed by atoms with Gasteiger partial charge >= 0.3 is 0 Å². The molecular formula is C12H17BrN2O2. The highest BCUT2D eigenvalue weighted by atomic mass is 79.9. The smallest absolute Gasteiger partial charge is 0.270 e. The van der Waals surface area contributed by atoms with Gasteiger partial charge in [-0.25, -0.2) is 0 Å². The summed E-state index contributed by atoms with van der Waals surface area (Å²) in [6.07, 6.45) is 2.23. The molecule has 0 aliphatic carbocycles. The van der Waals surface area contributed by atoms with E-state index in [1.54, 1.807) is 4.90 Å². The van der Waals surface area contributed by atoms with Gasteiger partial charge in [-0.15, -0.1) is 0 Å². The highest BCUT2D eigenvalue weighted by Crippen LogP contribution is 2.22. The van der Waals surface area contributed by atoms with Crippen LogP contribution in [0.15, 0.2) is 16.7 Å². The van der Waals surface area contributed by atoms with Gasteiger partial charge in [0.25, 0.3) is 5.91 Å². The number of carbonyl (C=O) groups is 1. The first-order valence-electron chi connectivity index (χ1n) is 5.83. The minimum absolute atomic E-state index is 0.000880. The Bertz CT molecular complexity index is 428. The first-order valence-corrected chi connectivity index (χ1v) is 6.63. The molecule has 1 aromatic rings. The largest absolute Gasteiger partial charge is 0.391 e. The molecule has 0 radical (unpaired) electrons. The van der Waals surface area contributed by atoms with E-state index in [0.29, 0.717) is 25.2 Å². The predicted molar refractivity (Wildman–Crippen MR) is 69.0 cm³/mol. The minimum Gasteiger partial charge on any atom is -0.391 e. The molecule has 1 aliphatic rings. The third-order valence-electron chi connectivity index (χ3n) is 3.04. The summed E-state index contributed by atoms with van der Waals surface area (Å²) in [4.78, 5) is 14.0. The van der Waals surface area contributed by atoms with Crippen LogP contribution in [0.2, 0.25) is 0 Å². The molecule has 0 aromatic carbocycles. The van der Waals surface area contributed by atoms with Crippen molar-refractivity contribution in [2.45, 2.75) is 32.4 Å². The molecule has 4 nitrogen and oxygen atoms in total. The molecule has 1 amide bonds. The van der Waals surface area contributed by atoms with Crippen LogP contribution in [-0.2, 0) is 0 Å². The standard InChI is InChI=1S/C12H17BrN2O2/c1-8(2)15-6-9(13)5-11(15)12(17)14-4-3-10(16)7-14/h5-6,8,10,16H,3-4,7H2,1-2H3. The van der Waals surface area contributed by atoms with E-state index < -0.39 is 0 Å². The van der Waals surface area contributed by atoms with Crippen molar-refractivity contribution in [3.05, 3.63) is 22.4 Å². The van der Waals surface area contributed by atoms with Gasteiger partial charge in [0.2, 0.25) is 0 Å². The molecule has 1 atom stereocenters. The van der Waals surface area contributed by atoms with Crippen molar-refractivity contribution in [2.24, 2.45) is 0 Å². The second-order valence-corrected chi connectivity index (χ2v) is 5.65. The van der Waals surface area contributed by atoms with Crippen LogP contribution < -0.4 is 0 Å². The number of carbonyl (C=O) groups excluding carboxylic acids is 1. The van der Waals surface area contributed by atoms with Crippen LogP contribution >= 0.6 is 15.9 Å². The van der Waals surface area contributed by atoms with Gasteiger partial charge in [-0.1, -0.05) is 0 Å². The van der Waals surface area contributed by atoms with Gasteiger partial charge in [-0.3, -0.25) is 4.79 Å². The fraction of sp³-hybridized carbons (Fsp3) is 0.583. The molecule has 94 valence electrons. The van der Waals surface area contributed by atoms with Crippen LogP contribution in [0.4, 0.5) is 0 Å². The number of rotatable bonds is 2. The molecule has 1 unspecified atom stereocenters. The number of halogens is 1. The van der Waals surface area contributed by atoms with E-state index >= 15 is 0 Å². The summed E-state index contributed by atoms with van der Waals surface area (Å²) < 4.78 is 2.87. The monoisotopic (exact) mass is 300 g/mol. The first kappa shape index (κ1) is 12.6. The van der Waals surface area contributed by atoms with Crippen molar-refractivity contribution in [1.29, 1.82) is 0 Å². The topological polar surface area (TPSA) is 45.5 Å². The molecule has 17 heavy (non-hydrogen) atoms. The quantitative estimate of drug-likeness (QED) is 0.908. The van der Waals surface area contributed by atoms with E-state index in [4.69, 9.17) is 0 Å². The Balaban J connectivity index is 2.24. The van der Waals surface area contributed by atoms with Crippen molar-refractivity contribution in [2.75, 3.05) is 13.1 Å². The summed E-state index contributed by atoms with van der Waals surface area (Å²) in [6.45, 7) is 5.17. The van der Waals surface area contributed by atoms with E-state index in [-0.39, 0.29) is 18.1 Å². The maximum atomic E-state index is 12.3. The zero-order valence-electron chi connectivity index (χ0n) is 10.1. The Labute approximate surface area is 109 Å². The highest BCUT2D eigenvalue weighted by molar-refractivity contribution is 9.10. The normalized spacial score (nSPS) is 20.3. The molecule has 0 saturated carbocycles. The van der Waals surface area contributed by atoms with Gasteiger partial charge in [0.05, 0.1) is 6.10 Å².